The van der Waals surface area contributed by atoms with Crippen molar-refractivity contribution in [2.24, 2.45) is 5.92 Å². The Bertz CT molecular complexity index is 1190. The largest absolute Gasteiger partial charge is 0.480 e. The van der Waals surface area contributed by atoms with Crippen LogP contribution >= 0.6 is 0 Å². The molecule has 0 spiro atoms. The predicted octanol–water partition coefficient (Wildman–Crippen LogP) is 2.84. The van der Waals surface area contributed by atoms with Crippen molar-refractivity contribution in [3.8, 4) is 11.1 Å². The lowest BCUT2D eigenvalue weighted by Gasteiger charge is -2.21. The van der Waals surface area contributed by atoms with E-state index in [1.807, 2.05) is 36.4 Å². The molecule has 0 aliphatic heterocycles. The van der Waals surface area contributed by atoms with Crippen LogP contribution in [0.4, 0.5) is 4.79 Å². The van der Waals surface area contributed by atoms with Gasteiger partial charge in [-0.1, -0.05) is 48.5 Å². The van der Waals surface area contributed by atoms with E-state index in [0.717, 1.165) is 35.1 Å². The third kappa shape index (κ3) is 4.89. The van der Waals surface area contributed by atoms with Crippen LogP contribution in [0, 0.1) is 5.92 Å². The molecule has 1 saturated carbocycles. The van der Waals surface area contributed by atoms with Gasteiger partial charge in [-0.15, -0.1) is 0 Å². The molecule has 2 amide bonds. The minimum absolute atomic E-state index is 0.0444. The van der Waals surface area contributed by atoms with E-state index in [4.69, 9.17) is 4.74 Å². The van der Waals surface area contributed by atoms with E-state index in [-0.39, 0.29) is 24.9 Å². The highest BCUT2D eigenvalue weighted by Gasteiger charge is 2.39. The maximum atomic E-state index is 12.9. The number of aliphatic carboxylic acids is 1. The van der Waals surface area contributed by atoms with Crippen LogP contribution in [0.1, 0.15) is 35.6 Å². The SMILES string of the molecule is O=C(NC(C(=O)N[C@H](Cc1cnc[nH]1)C(=O)O)C1CC1)OCC1c2ccccc2-c2ccccc21. The summed E-state index contributed by atoms with van der Waals surface area (Å²) in [6.07, 6.45) is 3.88. The number of hydrogen-bond acceptors (Lipinski definition) is 5. The molecule has 0 saturated heterocycles. The van der Waals surface area contributed by atoms with E-state index in [0.29, 0.717) is 5.69 Å². The van der Waals surface area contributed by atoms with Gasteiger partial charge in [0.05, 0.1) is 6.33 Å². The Balaban J connectivity index is 1.22. The van der Waals surface area contributed by atoms with Crippen LogP contribution in [0.2, 0.25) is 0 Å². The van der Waals surface area contributed by atoms with Crippen LogP contribution in [0.5, 0.6) is 0 Å². The standard InChI is InChI=1S/C26H26N4O5/c31-24(29-22(25(32)33)11-16-12-27-14-28-16)23(15-9-10-15)30-26(34)35-13-21-19-7-3-1-5-17(19)18-6-2-4-8-20(18)21/h1-8,12,14-15,21-23H,9-11,13H2,(H,27,28)(H,29,31)(H,30,34)(H,32,33)/t22-,23?/m1/s1. The Morgan fingerprint density at radius 1 is 1.03 bits per heavy atom. The maximum Gasteiger partial charge on any atom is 0.407 e. The van der Waals surface area contributed by atoms with Gasteiger partial charge in [0.25, 0.3) is 0 Å². The summed E-state index contributed by atoms with van der Waals surface area (Å²) in [4.78, 5) is 44.0. The lowest BCUT2D eigenvalue weighted by Crippen LogP contribution is -2.53. The van der Waals surface area contributed by atoms with Gasteiger partial charge >= 0.3 is 12.1 Å². The van der Waals surface area contributed by atoms with Crippen LogP contribution in [0.3, 0.4) is 0 Å². The van der Waals surface area contributed by atoms with Crippen molar-refractivity contribution < 1.29 is 24.2 Å². The number of rotatable bonds is 9. The van der Waals surface area contributed by atoms with Gasteiger partial charge in [0, 0.05) is 24.2 Å². The minimum atomic E-state index is -1.16. The van der Waals surface area contributed by atoms with E-state index in [1.54, 1.807) is 0 Å². The number of carbonyl (C=O) groups excluding carboxylic acids is 2. The van der Waals surface area contributed by atoms with E-state index in [9.17, 15) is 19.5 Å². The molecule has 4 N–H and O–H groups in total. The number of aromatic amines is 1. The van der Waals surface area contributed by atoms with Crippen molar-refractivity contribution in [2.75, 3.05) is 6.61 Å². The highest BCUT2D eigenvalue weighted by molar-refractivity contribution is 5.90. The number of fused-ring (bicyclic) bond motifs is 3. The zero-order valence-corrected chi connectivity index (χ0v) is 18.9. The summed E-state index contributed by atoms with van der Waals surface area (Å²) in [5.41, 5.74) is 5.04. The molecule has 1 unspecified atom stereocenters. The van der Waals surface area contributed by atoms with Gasteiger partial charge in [0.15, 0.2) is 0 Å². The number of carboxylic acids is 1. The number of carboxylic acid groups (broad SMARTS) is 1. The number of H-pyrrole nitrogens is 1. The van der Waals surface area contributed by atoms with Crippen molar-refractivity contribution in [3.63, 3.8) is 0 Å². The van der Waals surface area contributed by atoms with Gasteiger partial charge in [0.1, 0.15) is 18.7 Å². The van der Waals surface area contributed by atoms with E-state index < -0.39 is 30.1 Å². The van der Waals surface area contributed by atoms with Crippen molar-refractivity contribution >= 4 is 18.0 Å². The molecule has 0 radical (unpaired) electrons. The molecule has 1 heterocycles. The number of nitrogens with one attached hydrogen (secondary N) is 3. The summed E-state index contributed by atoms with van der Waals surface area (Å²) in [5.74, 6) is -1.83. The molecular weight excluding hydrogens is 448 g/mol. The van der Waals surface area contributed by atoms with Crippen LogP contribution in [0.25, 0.3) is 11.1 Å². The molecule has 2 aliphatic carbocycles. The normalized spacial score (nSPS) is 16.0. The summed E-state index contributed by atoms with van der Waals surface area (Å²) >= 11 is 0. The zero-order valence-electron chi connectivity index (χ0n) is 18.9. The molecule has 2 atom stereocenters. The van der Waals surface area contributed by atoms with E-state index in [1.165, 1.54) is 12.5 Å². The highest BCUT2D eigenvalue weighted by atomic mass is 16.5. The first-order chi connectivity index (χ1) is 17.0. The van der Waals surface area contributed by atoms with Gasteiger partial charge in [-0.2, -0.15) is 0 Å². The molecule has 2 aliphatic rings. The molecule has 1 fully saturated rings. The fourth-order valence-electron chi connectivity index (χ4n) is 4.67. The predicted molar refractivity (Wildman–Crippen MR) is 127 cm³/mol. The first-order valence-corrected chi connectivity index (χ1v) is 11.6. The molecule has 9 nitrogen and oxygen atoms in total. The Labute approximate surface area is 201 Å². The average Bonchev–Trinajstić information content (AvgIpc) is 3.47. The topological polar surface area (TPSA) is 133 Å². The van der Waals surface area contributed by atoms with Crippen molar-refractivity contribution in [3.05, 3.63) is 77.9 Å². The Morgan fingerprint density at radius 2 is 1.69 bits per heavy atom. The second-order valence-corrected chi connectivity index (χ2v) is 8.97. The molecule has 5 rings (SSSR count). The second-order valence-electron chi connectivity index (χ2n) is 8.97. The summed E-state index contributed by atoms with van der Waals surface area (Å²) in [7, 11) is 0. The number of aromatic nitrogens is 2. The number of imidazole rings is 1. The number of benzene rings is 2. The summed E-state index contributed by atoms with van der Waals surface area (Å²) in [5, 5.41) is 14.8. The van der Waals surface area contributed by atoms with Crippen LogP contribution in [-0.2, 0) is 20.7 Å². The highest BCUT2D eigenvalue weighted by Crippen LogP contribution is 2.44. The van der Waals surface area contributed by atoms with Crippen molar-refractivity contribution in [2.45, 2.75) is 37.3 Å². The van der Waals surface area contributed by atoms with Gasteiger partial charge in [-0.3, -0.25) is 4.79 Å². The van der Waals surface area contributed by atoms with E-state index in [2.05, 4.69) is 32.7 Å². The number of alkyl carbamates (subject to hydrolysis) is 1. The van der Waals surface area contributed by atoms with E-state index >= 15 is 0 Å². The fraction of sp³-hybridized carbons (Fsp3) is 0.308. The average molecular weight is 475 g/mol. The zero-order chi connectivity index (χ0) is 24.4. The van der Waals surface area contributed by atoms with Crippen molar-refractivity contribution in [1.82, 2.24) is 20.6 Å². The number of nitrogens with zero attached hydrogens (tertiary/aromatic N) is 1. The monoisotopic (exact) mass is 474 g/mol. The number of ether oxygens (including phenoxy) is 1. The Morgan fingerprint density at radius 3 is 2.26 bits per heavy atom. The summed E-state index contributed by atoms with van der Waals surface area (Å²) < 4.78 is 5.58. The number of carbonyl (C=O) groups is 3. The third-order valence-corrected chi connectivity index (χ3v) is 6.59. The first-order valence-electron chi connectivity index (χ1n) is 11.6. The molecule has 0 bridgehead atoms. The molecule has 35 heavy (non-hydrogen) atoms. The molecule has 3 aromatic rings. The van der Waals surface area contributed by atoms with Gasteiger partial charge < -0.3 is 25.5 Å². The summed E-state index contributed by atoms with van der Waals surface area (Å²) in [6, 6.07) is 14.1. The van der Waals surface area contributed by atoms with Gasteiger partial charge in [-0.25, -0.2) is 14.6 Å². The molecular formula is C26H26N4O5. The number of hydrogen-bond donors (Lipinski definition) is 4. The fourth-order valence-corrected chi connectivity index (χ4v) is 4.67. The summed E-state index contributed by atoms with van der Waals surface area (Å²) in [6.45, 7) is 0.135. The smallest absolute Gasteiger partial charge is 0.407 e. The molecule has 2 aromatic carbocycles. The first kappa shape index (κ1) is 22.6. The quantitative estimate of drug-likeness (QED) is 0.377. The Kier molecular flexibility index (Phi) is 6.22. The molecule has 9 heteroatoms. The molecule has 180 valence electrons. The van der Waals surface area contributed by atoms with Gasteiger partial charge in [0.2, 0.25) is 5.91 Å². The lowest BCUT2D eigenvalue weighted by molar-refractivity contribution is -0.142. The lowest BCUT2D eigenvalue weighted by atomic mass is 9.98. The third-order valence-electron chi connectivity index (χ3n) is 6.59. The maximum absolute atomic E-state index is 12.9. The van der Waals surface area contributed by atoms with Gasteiger partial charge in [-0.05, 0) is 41.0 Å². The Hall–Kier alpha value is -4.14. The van der Waals surface area contributed by atoms with Crippen LogP contribution in [0.15, 0.2) is 61.1 Å². The number of amides is 2. The van der Waals surface area contributed by atoms with Crippen LogP contribution < -0.4 is 10.6 Å². The minimum Gasteiger partial charge on any atom is -0.480 e. The van der Waals surface area contributed by atoms with Crippen LogP contribution in [-0.4, -0.2) is 51.7 Å². The molecule has 1 aromatic heterocycles. The van der Waals surface area contributed by atoms with Crippen molar-refractivity contribution in [1.29, 1.82) is 0 Å². The second kappa shape index (κ2) is 9.61.